The van der Waals surface area contributed by atoms with E-state index in [2.05, 4.69) is 38.9 Å². The molecular weight excluding hydrogens is 364 g/mol. The van der Waals surface area contributed by atoms with Gasteiger partial charge in [-0.3, -0.25) is 4.90 Å². The number of aryl methyl sites for hydroxylation is 1. The molecule has 6 nitrogen and oxygen atoms in total. The molecule has 138 valence electrons. The Balaban J connectivity index is 1.52. The minimum Gasteiger partial charge on any atom is -0.454 e. The number of hydrogen-bond donors (Lipinski definition) is 1. The van der Waals surface area contributed by atoms with Gasteiger partial charge >= 0.3 is 0 Å². The van der Waals surface area contributed by atoms with Crippen LogP contribution in [0.25, 0.3) is 0 Å². The lowest BCUT2D eigenvalue weighted by molar-refractivity contribution is 0.173. The van der Waals surface area contributed by atoms with Crippen LogP contribution in [-0.2, 0) is 13.0 Å². The highest BCUT2D eigenvalue weighted by molar-refractivity contribution is 6.29. The van der Waals surface area contributed by atoms with E-state index in [1.54, 1.807) is 6.33 Å². The molecule has 0 radical (unpaired) electrons. The van der Waals surface area contributed by atoms with Gasteiger partial charge in [0.1, 0.15) is 5.15 Å². The molecule has 1 atom stereocenters. The third-order valence-corrected chi connectivity index (χ3v) is 5.52. The first-order valence-corrected chi connectivity index (χ1v) is 9.33. The van der Waals surface area contributed by atoms with Gasteiger partial charge in [0.2, 0.25) is 6.79 Å². The first kappa shape index (κ1) is 16.6. The van der Waals surface area contributed by atoms with Gasteiger partial charge in [-0.1, -0.05) is 17.7 Å². The Hall–Kier alpha value is -2.57. The summed E-state index contributed by atoms with van der Waals surface area (Å²) in [7, 11) is 0. The predicted molar refractivity (Wildman–Crippen MR) is 101 cm³/mol. The fourth-order valence-electron chi connectivity index (χ4n) is 3.89. The van der Waals surface area contributed by atoms with Gasteiger partial charge in [-0.05, 0) is 41.8 Å². The summed E-state index contributed by atoms with van der Waals surface area (Å²) < 4.78 is 11.1. The number of imidazole rings is 1. The van der Waals surface area contributed by atoms with Gasteiger partial charge in [0.05, 0.1) is 18.1 Å². The summed E-state index contributed by atoms with van der Waals surface area (Å²) in [5, 5.41) is 0.495. The molecule has 0 saturated heterocycles. The largest absolute Gasteiger partial charge is 0.454 e. The number of benzene rings is 1. The van der Waals surface area contributed by atoms with E-state index in [1.807, 2.05) is 18.3 Å². The summed E-state index contributed by atoms with van der Waals surface area (Å²) in [5.41, 5.74) is 5.76. The summed E-state index contributed by atoms with van der Waals surface area (Å²) in [6.45, 7) is 4.12. The molecular formula is C20H19ClN4O2. The van der Waals surface area contributed by atoms with E-state index < -0.39 is 0 Å². The van der Waals surface area contributed by atoms with E-state index in [9.17, 15) is 0 Å². The summed E-state index contributed by atoms with van der Waals surface area (Å²) in [6.07, 6.45) is 4.56. The van der Waals surface area contributed by atoms with Crippen LogP contribution in [0.4, 0.5) is 0 Å². The lowest BCUT2D eigenvalue weighted by Gasteiger charge is -2.35. The lowest BCUT2D eigenvalue weighted by Crippen LogP contribution is -2.36. The topological polar surface area (TPSA) is 63.3 Å². The number of nitrogens with zero attached hydrogens (tertiary/aromatic N) is 3. The first-order valence-electron chi connectivity index (χ1n) is 8.96. The second-order valence-electron chi connectivity index (χ2n) is 6.94. The third kappa shape index (κ3) is 2.95. The molecule has 0 amide bonds. The van der Waals surface area contributed by atoms with E-state index in [0.717, 1.165) is 42.3 Å². The van der Waals surface area contributed by atoms with Gasteiger partial charge in [-0.2, -0.15) is 0 Å². The second kappa shape index (κ2) is 6.55. The van der Waals surface area contributed by atoms with Crippen LogP contribution in [0, 0.1) is 6.92 Å². The van der Waals surface area contributed by atoms with Crippen molar-refractivity contribution < 1.29 is 9.47 Å². The SMILES string of the molecule is Cc1cc2c(cc1CN1CCc3[nH]cnc3[C@H]1c1ccc(Cl)nc1)OCO2. The molecule has 3 aromatic rings. The molecule has 0 saturated carbocycles. The van der Waals surface area contributed by atoms with Crippen LogP contribution < -0.4 is 9.47 Å². The number of aromatic nitrogens is 3. The Labute approximate surface area is 162 Å². The second-order valence-corrected chi connectivity index (χ2v) is 7.32. The molecule has 2 aromatic heterocycles. The Bertz CT molecular complexity index is 986. The smallest absolute Gasteiger partial charge is 0.231 e. The summed E-state index contributed by atoms with van der Waals surface area (Å²) in [6, 6.07) is 8.05. The van der Waals surface area contributed by atoms with Gasteiger partial charge < -0.3 is 14.5 Å². The van der Waals surface area contributed by atoms with Crippen molar-refractivity contribution in [2.75, 3.05) is 13.3 Å². The van der Waals surface area contributed by atoms with Crippen LogP contribution in [-0.4, -0.2) is 33.2 Å². The van der Waals surface area contributed by atoms with Crippen LogP contribution in [0.15, 0.2) is 36.8 Å². The zero-order valence-corrected chi connectivity index (χ0v) is 15.7. The van der Waals surface area contributed by atoms with Gasteiger partial charge in [0, 0.05) is 31.4 Å². The first-order chi connectivity index (χ1) is 13.2. The summed E-state index contributed by atoms with van der Waals surface area (Å²) in [5.74, 6) is 1.64. The number of pyridine rings is 1. The highest BCUT2D eigenvalue weighted by atomic mass is 35.5. The van der Waals surface area contributed by atoms with Gasteiger partial charge in [-0.25, -0.2) is 9.97 Å². The van der Waals surface area contributed by atoms with Crippen molar-refractivity contribution in [2.45, 2.75) is 25.9 Å². The van der Waals surface area contributed by atoms with Gasteiger partial charge in [0.15, 0.2) is 11.5 Å². The van der Waals surface area contributed by atoms with Crippen molar-refractivity contribution in [3.05, 3.63) is 70.0 Å². The average molecular weight is 383 g/mol. The number of fused-ring (bicyclic) bond motifs is 2. The van der Waals surface area contributed by atoms with Crippen LogP contribution >= 0.6 is 11.6 Å². The zero-order chi connectivity index (χ0) is 18.4. The third-order valence-electron chi connectivity index (χ3n) is 5.30. The molecule has 5 rings (SSSR count). The number of nitrogens with one attached hydrogen (secondary N) is 1. The molecule has 1 aromatic carbocycles. The number of ether oxygens (including phenoxy) is 2. The Morgan fingerprint density at radius 1 is 1.22 bits per heavy atom. The Morgan fingerprint density at radius 3 is 2.89 bits per heavy atom. The van der Waals surface area contributed by atoms with E-state index in [0.29, 0.717) is 5.15 Å². The minimum absolute atomic E-state index is 0.0367. The molecule has 0 fully saturated rings. The van der Waals surface area contributed by atoms with Crippen LogP contribution in [0.2, 0.25) is 5.15 Å². The van der Waals surface area contributed by atoms with Gasteiger partial charge in [0.25, 0.3) is 0 Å². The van der Waals surface area contributed by atoms with E-state index in [-0.39, 0.29) is 12.8 Å². The molecule has 0 unspecified atom stereocenters. The van der Waals surface area contributed by atoms with Crippen molar-refractivity contribution >= 4 is 11.6 Å². The van der Waals surface area contributed by atoms with Crippen molar-refractivity contribution in [1.29, 1.82) is 0 Å². The monoisotopic (exact) mass is 382 g/mol. The average Bonchev–Trinajstić information content (AvgIpc) is 3.31. The quantitative estimate of drug-likeness (QED) is 0.700. The molecule has 4 heterocycles. The molecule has 0 bridgehead atoms. The molecule has 2 aliphatic heterocycles. The highest BCUT2D eigenvalue weighted by Gasteiger charge is 2.32. The summed E-state index contributed by atoms with van der Waals surface area (Å²) >= 11 is 6.00. The number of rotatable bonds is 3. The van der Waals surface area contributed by atoms with Crippen LogP contribution in [0.3, 0.4) is 0 Å². The summed E-state index contributed by atoms with van der Waals surface area (Å²) in [4.78, 5) is 14.6. The minimum atomic E-state index is 0.0367. The molecule has 7 heteroatoms. The lowest BCUT2D eigenvalue weighted by atomic mass is 9.95. The normalized spacial score (nSPS) is 18.5. The van der Waals surface area contributed by atoms with Crippen LogP contribution in [0.1, 0.15) is 34.1 Å². The van der Waals surface area contributed by atoms with Crippen LogP contribution in [0.5, 0.6) is 11.5 Å². The predicted octanol–water partition coefficient (Wildman–Crippen LogP) is 3.64. The fourth-order valence-corrected chi connectivity index (χ4v) is 4.00. The number of halogens is 1. The molecule has 2 aliphatic rings. The maximum absolute atomic E-state index is 6.00. The number of aromatic amines is 1. The maximum atomic E-state index is 6.00. The highest BCUT2D eigenvalue weighted by Crippen LogP contribution is 2.38. The molecule has 1 N–H and O–H groups in total. The van der Waals surface area contributed by atoms with E-state index in [4.69, 9.17) is 21.1 Å². The fraction of sp³-hybridized carbons (Fsp3) is 0.300. The van der Waals surface area contributed by atoms with Gasteiger partial charge in [-0.15, -0.1) is 0 Å². The molecule has 27 heavy (non-hydrogen) atoms. The molecule has 0 aliphatic carbocycles. The Morgan fingerprint density at radius 2 is 2.07 bits per heavy atom. The van der Waals surface area contributed by atoms with Crippen molar-refractivity contribution in [2.24, 2.45) is 0 Å². The Kier molecular flexibility index (Phi) is 4.02. The zero-order valence-electron chi connectivity index (χ0n) is 14.9. The van der Waals surface area contributed by atoms with E-state index >= 15 is 0 Å². The number of H-pyrrole nitrogens is 1. The van der Waals surface area contributed by atoms with Crippen molar-refractivity contribution in [3.8, 4) is 11.5 Å². The maximum Gasteiger partial charge on any atom is 0.231 e. The van der Waals surface area contributed by atoms with E-state index in [1.165, 1.54) is 16.8 Å². The molecule has 0 spiro atoms. The van der Waals surface area contributed by atoms with Crippen molar-refractivity contribution in [1.82, 2.24) is 19.9 Å². The van der Waals surface area contributed by atoms with Crippen molar-refractivity contribution in [3.63, 3.8) is 0 Å². The number of hydrogen-bond acceptors (Lipinski definition) is 5. The standard InChI is InChI=1S/C20H19ClN4O2/c1-12-6-16-17(27-11-26-16)7-14(12)9-25-5-4-15-19(24-10-23-15)20(25)13-2-3-18(21)22-8-13/h2-3,6-8,10,20H,4-5,9,11H2,1H3,(H,23,24)/t20-/m1/s1.